The Hall–Kier alpha value is -0.730. The predicted octanol–water partition coefficient (Wildman–Crippen LogP) is 3.09. The molecule has 0 amide bonds. The smallest absolute Gasteiger partial charge is 0.137 e. The standard InChI is InChI=1S/C13H18ClNO/c1-8-7-10(3-4-13(15)5-6-13)12(16)11(14)9(8)2/h7,16H,3-6,15H2,1-2H3. The molecule has 1 aliphatic rings. The normalized spacial score (nSPS) is 17.5. The van der Waals surface area contributed by atoms with E-state index in [-0.39, 0.29) is 11.3 Å². The second-order valence-electron chi connectivity index (χ2n) is 5.00. The summed E-state index contributed by atoms with van der Waals surface area (Å²) in [5, 5.41) is 10.4. The molecule has 0 spiro atoms. The topological polar surface area (TPSA) is 46.2 Å². The van der Waals surface area contributed by atoms with E-state index in [1.54, 1.807) is 0 Å². The lowest BCUT2D eigenvalue weighted by atomic mass is 9.99. The second-order valence-corrected chi connectivity index (χ2v) is 5.38. The van der Waals surface area contributed by atoms with Crippen molar-refractivity contribution in [2.24, 2.45) is 5.73 Å². The highest BCUT2D eigenvalue weighted by molar-refractivity contribution is 6.33. The van der Waals surface area contributed by atoms with E-state index in [4.69, 9.17) is 17.3 Å². The van der Waals surface area contributed by atoms with Gasteiger partial charge in [-0.15, -0.1) is 0 Å². The van der Waals surface area contributed by atoms with Crippen LogP contribution in [0.5, 0.6) is 5.75 Å². The van der Waals surface area contributed by atoms with Gasteiger partial charge in [-0.05, 0) is 56.2 Å². The van der Waals surface area contributed by atoms with Gasteiger partial charge in [-0.25, -0.2) is 0 Å². The zero-order chi connectivity index (χ0) is 11.9. The van der Waals surface area contributed by atoms with Gasteiger partial charge in [-0.2, -0.15) is 0 Å². The molecule has 16 heavy (non-hydrogen) atoms. The van der Waals surface area contributed by atoms with Crippen molar-refractivity contribution in [3.8, 4) is 5.75 Å². The molecule has 0 atom stereocenters. The molecule has 3 N–H and O–H groups in total. The van der Waals surface area contributed by atoms with Crippen LogP contribution in [0.3, 0.4) is 0 Å². The van der Waals surface area contributed by atoms with Gasteiger partial charge >= 0.3 is 0 Å². The largest absolute Gasteiger partial charge is 0.506 e. The lowest BCUT2D eigenvalue weighted by Crippen LogP contribution is -2.22. The molecular weight excluding hydrogens is 222 g/mol. The van der Waals surface area contributed by atoms with Gasteiger partial charge in [0.2, 0.25) is 0 Å². The number of aryl methyl sites for hydroxylation is 2. The fraction of sp³-hybridized carbons (Fsp3) is 0.538. The molecule has 1 fully saturated rings. The van der Waals surface area contributed by atoms with E-state index in [0.29, 0.717) is 5.02 Å². The molecule has 0 aromatic heterocycles. The average Bonchev–Trinajstić information content (AvgIpc) is 2.98. The van der Waals surface area contributed by atoms with Crippen LogP contribution in [0.15, 0.2) is 6.07 Å². The summed E-state index contributed by atoms with van der Waals surface area (Å²) in [7, 11) is 0. The molecule has 1 aromatic rings. The van der Waals surface area contributed by atoms with Crippen LogP contribution < -0.4 is 5.73 Å². The third kappa shape index (κ3) is 2.18. The van der Waals surface area contributed by atoms with Crippen molar-refractivity contribution in [2.45, 2.75) is 45.1 Å². The van der Waals surface area contributed by atoms with Gasteiger partial charge in [0.25, 0.3) is 0 Å². The highest BCUT2D eigenvalue weighted by atomic mass is 35.5. The van der Waals surface area contributed by atoms with Gasteiger partial charge < -0.3 is 10.8 Å². The molecule has 0 radical (unpaired) electrons. The Kier molecular flexibility index (Phi) is 2.89. The van der Waals surface area contributed by atoms with Gasteiger partial charge in [0.05, 0.1) is 5.02 Å². The molecule has 1 saturated carbocycles. The number of benzene rings is 1. The van der Waals surface area contributed by atoms with Crippen LogP contribution in [0.4, 0.5) is 0 Å². The number of halogens is 1. The molecule has 2 nitrogen and oxygen atoms in total. The Labute approximate surface area is 101 Å². The quantitative estimate of drug-likeness (QED) is 0.852. The summed E-state index contributed by atoms with van der Waals surface area (Å²) < 4.78 is 0. The summed E-state index contributed by atoms with van der Waals surface area (Å²) in [5.41, 5.74) is 9.06. The Morgan fingerprint density at radius 3 is 2.62 bits per heavy atom. The van der Waals surface area contributed by atoms with Crippen LogP contribution in [-0.4, -0.2) is 10.6 Å². The number of nitrogens with two attached hydrogens (primary N) is 1. The van der Waals surface area contributed by atoms with E-state index >= 15 is 0 Å². The number of phenols is 1. The summed E-state index contributed by atoms with van der Waals surface area (Å²) >= 11 is 6.07. The summed E-state index contributed by atoms with van der Waals surface area (Å²) in [5.74, 6) is 0.231. The van der Waals surface area contributed by atoms with Crippen molar-refractivity contribution in [1.29, 1.82) is 0 Å². The average molecular weight is 240 g/mol. The van der Waals surface area contributed by atoms with Crippen LogP contribution in [0.25, 0.3) is 0 Å². The molecule has 0 aliphatic heterocycles. The number of rotatable bonds is 3. The SMILES string of the molecule is Cc1cc(CCC2(N)CC2)c(O)c(Cl)c1C. The zero-order valence-corrected chi connectivity index (χ0v) is 10.6. The summed E-state index contributed by atoms with van der Waals surface area (Å²) in [4.78, 5) is 0. The Bertz CT molecular complexity index is 424. The van der Waals surface area contributed by atoms with E-state index in [9.17, 15) is 5.11 Å². The van der Waals surface area contributed by atoms with Crippen LogP contribution in [0.2, 0.25) is 5.02 Å². The highest BCUT2D eigenvalue weighted by Gasteiger charge is 2.37. The Morgan fingerprint density at radius 1 is 1.44 bits per heavy atom. The molecule has 0 heterocycles. The van der Waals surface area contributed by atoms with Crippen LogP contribution in [0.1, 0.15) is 36.0 Å². The minimum atomic E-state index is 0.0255. The van der Waals surface area contributed by atoms with Crippen LogP contribution in [-0.2, 0) is 6.42 Å². The second kappa shape index (κ2) is 3.94. The molecule has 3 heteroatoms. The minimum Gasteiger partial charge on any atom is -0.506 e. The van der Waals surface area contributed by atoms with Crippen molar-refractivity contribution in [3.63, 3.8) is 0 Å². The van der Waals surface area contributed by atoms with Crippen molar-refractivity contribution in [3.05, 3.63) is 27.8 Å². The summed E-state index contributed by atoms with van der Waals surface area (Å²) in [6, 6.07) is 2.02. The van der Waals surface area contributed by atoms with Gasteiger partial charge in [0.1, 0.15) is 5.75 Å². The van der Waals surface area contributed by atoms with Crippen molar-refractivity contribution >= 4 is 11.6 Å². The monoisotopic (exact) mass is 239 g/mol. The highest BCUT2D eigenvalue weighted by Crippen LogP contribution is 2.39. The number of phenolic OH excluding ortho intramolecular Hbond substituents is 1. The molecule has 0 unspecified atom stereocenters. The van der Waals surface area contributed by atoms with E-state index in [1.165, 1.54) is 0 Å². The molecule has 2 rings (SSSR count). The van der Waals surface area contributed by atoms with Gasteiger partial charge in [-0.1, -0.05) is 17.7 Å². The molecule has 1 aliphatic carbocycles. The maximum atomic E-state index is 9.95. The molecule has 0 bridgehead atoms. The first kappa shape index (κ1) is 11.7. The van der Waals surface area contributed by atoms with Crippen LogP contribution >= 0.6 is 11.6 Å². The van der Waals surface area contributed by atoms with E-state index < -0.39 is 0 Å². The van der Waals surface area contributed by atoms with Crippen molar-refractivity contribution in [1.82, 2.24) is 0 Å². The third-order valence-electron chi connectivity index (χ3n) is 3.61. The molecular formula is C13H18ClNO. The first-order valence-electron chi connectivity index (χ1n) is 5.69. The molecule has 88 valence electrons. The van der Waals surface area contributed by atoms with Gasteiger partial charge in [0.15, 0.2) is 0 Å². The van der Waals surface area contributed by atoms with E-state index in [0.717, 1.165) is 42.4 Å². The lowest BCUT2D eigenvalue weighted by Gasteiger charge is -2.13. The number of hydrogen-bond acceptors (Lipinski definition) is 2. The van der Waals surface area contributed by atoms with Gasteiger partial charge in [0, 0.05) is 5.54 Å². The number of hydrogen-bond donors (Lipinski definition) is 2. The first-order valence-corrected chi connectivity index (χ1v) is 6.07. The summed E-state index contributed by atoms with van der Waals surface area (Å²) in [6.07, 6.45) is 3.95. The third-order valence-corrected chi connectivity index (χ3v) is 4.07. The molecule has 1 aromatic carbocycles. The Balaban J connectivity index is 2.20. The maximum absolute atomic E-state index is 9.95. The lowest BCUT2D eigenvalue weighted by molar-refractivity contribution is 0.464. The Morgan fingerprint density at radius 2 is 2.06 bits per heavy atom. The summed E-state index contributed by atoms with van der Waals surface area (Å²) in [6.45, 7) is 3.94. The minimum absolute atomic E-state index is 0.0255. The fourth-order valence-corrected chi connectivity index (χ4v) is 2.18. The van der Waals surface area contributed by atoms with Crippen molar-refractivity contribution < 1.29 is 5.11 Å². The van der Waals surface area contributed by atoms with Gasteiger partial charge in [-0.3, -0.25) is 0 Å². The number of aromatic hydroxyl groups is 1. The maximum Gasteiger partial charge on any atom is 0.137 e. The fourth-order valence-electron chi connectivity index (χ4n) is 1.91. The van der Waals surface area contributed by atoms with Crippen molar-refractivity contribution in [2.75, 3.05) is 0 Å². The first-order chi connectivity index (χ1) is 7.43. The predicted molar refractivity (Wildman–Crippen MR) is 67.1 cm³/mol. The van der Waals surface area contributed by atoms with E-state index in [1.807, 2.05) is 19.9 Å². The van der Waals surface area contributed by atoms with Crippen LogP contribution in [0, 0.1) is 13.8 Å². The van der Waals surface area contributed by atoms with E-state index in [2.05, 4.69) is 0 Å². The zero-order valence-electron chi connectivity index (χ0n) is 9.81. The molecule has 0 saturated heterocycles.